The standard InChI is InChI=1S/C13H21N3O2S/c1-2-16-9-7-12(8-10-16)15-11-3-5-13(6-4-11)19(14,17)18/h3-6,12,15H,2,7-10H2,1H3,(H2,14,17,18). The number of nitrogens with one attached hydrogen (secondary N) is 1. The molecule has 1 aromatic rings. The van der Waals surface area contributed by atoms with Gasteiger partial charge in [0.2, 0.25) is 10.0 Å². The molecule has 19 heavy (non-hydrogen) atoms. The van der Waals surface area contributed by atoms with Crippen molar-refractivity contribution < 1.29 is 8.42 Å². The molecule has 5 nitrogen and oxygen atoms in total. The first-order valence-corrected chi connectivity index (χ1v) is 8.15. The third-order valence-corrected chi connectivity index (χ3v) is 4.52. The van der Waals surface area contributed by atoms with Crippen LogP contribution in [0, 0.1) is 0 Å². The summed E-state index contributed by atoms with van der Waals surface area (Å²) in [5.41, 5.74) is 0.947. The fourth-order valence-corrected chi connectivity index (χ4v) is 2.89. The lowest BCUT2D eigenvalue weighted by molar-refractivity contribution is 0.229. The normalized spacial score (nSPS) is 18.4. The number of benzene rings is 1. The van der Waals surface area contributed by atoms with Gasteiger partial charge in [0.15, 0.2) is 0 Å². The second-order valence-corrected chi connectivity index (χ2v) is 6.48. The Morgan fingerprint density at radius 2 is 1.84 bits per heavy atom. The molecule has 1 aromatic carbocycles. The summed E-state index contributed by atoms with van der Waals surface area (Å²) in [6, 6.07) is 7.08. The molecule has 0 atom stereocenters. The van der Waals surface area contributed by atoms with Crippen LogP contribution >= 0.6 is 0 Å². The number of primary sulfonamides is 1. The van der Waals surface area contributed by atoms with E-state index in [0.717, 1.165) is 38.2 Å². The Morgan fingerprint density at radius 1 is 1.26 bits per heavy atom. The van der Waals surface area contributed by atoms with Crippen molar-refractivity contribution in [3.8, 4) is 0 Å². The van der Waals surface area contributed by atoms with Gasteiger partial charge in [-0.3, -0.25) is 0 Å². The van der Waals surface area contributed by atoms with Crippen LogP contribution in [0.3, 0.4) is 0 Å². The fourth-order valence-electron chi connectivity index (χ4n) is 2.37. The molecule has 106 valence electrons. The number of nitrogens with zero attached hydrogens (tertiary/aromatic N) is 1. The Hall–Kier alpha value is -1.11. The van der Waals surface area contributed by atoms with Crippen LogP contribution in [0.25, 0.3) is 0 Å². The molecule has 1 aliphatic rings. The van der Waals surface area contributed by atoms with Gasteiger partial charge in [0.05, 0.1) is 4.90 Å². The molecule has 2 rings (SSSR count). The minimum Gasteiger partial charge on any atom is -0.382 e. The highest BCUT2D eigenvalue weighted by atomic mass is 32.2. The molecule has 0 spiro atoms. The Labute approximate surface area is 114 Å². The van der Waals surface area contributed by atoms with Crippen LogP contribution in [0.1, 0.15) is 19.8 Å². The van der Waals surface area contributed by atoms with E-state index in [-0.39, 0.29) is 4.90 Å². The maximum atomic E-state index is 11.2. The number of anilines is 1. The minimum absolute atomic E-state index is 0.152. The zero-order valence-corrected chi connectivity index (χ0v) is 12.0. The number of likely N-dealkylation sites (tertiary alicyclic amines) is 1. The van der Waals surface area contributed by atoms with E-state index in [9.17, 15) is 8.42 Å². The molecule has 0 aliphatic carbocycles. The second kappa shape index (κ2) is 5.90. The van der Waals surface area contributed by atoms with Gasteiger partial charge in [-0.1, -0.05) is 6.92 Å². The lowest BCUT2D eigenvalue weighted by atomic mass is 10.0. The van der Waals surface area contributed by atoms with Crippen molar-refractivity contribution in [3.63, 3.8) is 0 Å². The molecule has 1 fully saturated rings. The molecule has 0 radical (unpaired) electrons. The second-order valence-electron chi connectivity index (χ2n) is 4.92. The third-order valence-electron chi connectivity index (χ3n) is 3.59. The van der Waals surface area contributed by atoms with Gasteiger partial charge in [0, 0.05) is 24.8 Å². The maximum absolute atomic E-state index is 11.2. The van der Waals surface area contributed by atoms with Crippen molar-refractivity contribution in [2.45, 2.75) is 30.7 Å². The molecule has 0 amide bonds. The monoisotopic (exact) mass is 283 g/mol. The Kier molecular flexibility index (Phi) is 4.44. The zero-order valence-electron chi connectivity index (χ0n) is 11.2. The summed E-state index contributed by atoms with van der Waals surface area (Å²) in [5.74, 6) is 0. The van der Waals surface area contributed by atoms with Crippen LogP contribution in [0.15, 0.2) is 29.2 Å². The van der Waals surface area contributed by atoms with Gasteiger partial charge in [-0.05, 0) is 43.7 Å². The first kappa shape index (κ1) is 14.3. The van der Waals surface area contributed by atoms with Crippen LogP contribution < -0.4 is 10.5 Å². The van der Waals surface area contributed by atoms with E-state index >= 15 is 0 Å². The lowest BCUT2D eigenvalue weighted by Crippen LogP contribution is -2.38. The molecule has 0 aromatic heterocycles. The van der Waals surface area contributed by atoms with Crippen molar-refractivity contribution in [3.05, 3.63) is 24.3 Å². The number of hydrogen-bond donors (Lipinski definition) is 2. The average Bonchev–Trinajstić information content (AvgIpc) is 2.39. The predicted octanol–water partition coefficient (Wildman–Crippen LogP) is 1.23. The molecular formula is C13H21N3O2S. The van der Waals surface area contributed by atoms with Gasteiger partial charge < -0.3 is 10.2 Å². The van der Waals surface area contributed by atoms with Crippen molar-refractivity contribution in [1.29, 1.82) is 0 Å². The number of piperidine rings is 1. The zero-order chi connectivity index (χ0) is 13.9. The summed E-state index contributed by atoms with van der Waals surface area (Å²) in [4.78, 5) is 2.58. The van der Waals surface area contributed by atoms with E-state index in [0.29, 0.717) is 6.04 Å². The van der Waals surface area contributed by atoms with E-state index in [2.05, 4.69) is 17.1 Å². The minimum atomic E-state index is -3.60. The van der Waals surface area contributed by atoms with Crippen molar-refractivity contribution >= 4 is 15.7 Å². The first-order chi connectivity index (χ1) is 8.99. The van der Waals surface area contributed by atoms with Gasteiger partial charge >= 0.3 is 0 Å². The van der Waals surface area contributed by atoms with E-state index in [1.165, 1.54) is 0 Å². The van der Waals surface area contributed by atoms with Gasteiger partial charge in [0.1, 0.15) is 0 Å². The molecule has 1 saturated heterocycles. The lowest BCUT2D eigenvalue weighted by Gasteiger charge is -2.32. The van der Waals surface area contributed by atoms with Crippen LogP contribution in [-0.2, 0) is 10.0 Å². The van der Waals surface area contributed by atoms with Gasteiger partial charge in [-0.15, -0.1) is 0 Å². The summed E-state index contributed by atoms with van der Waals surface area (Å²) in [6.07, 6.45) is 2.23. The van der Waals surface area contributed by atoms with E-state index < -0.39 is 10.0 Å². The largest absolute Gasteiger partial charge is 0.382 e. The van der Waals surface area contributed by atoms with Crippen molar-refractivity contribution in [1.82, 2.24) is 4.90 Å². The smallest absolute Gasteiger partial charge is 0.238 e. The van der Waals surface area contributed by atoms with Gasteiger partial charge in [-0.25, -0.2) is 13.6 Å². The number of rotatable bonds is 4. The van der Waals surface area contributed by atoms with E-state index in [1.54, 1.807) is 24.3 Å². The van der Waals surface area contributed by atoms with Crippen molar-refractivity contribution in [2.75, 3.05) is 25.0 Å². The fraction of sp³-hybridized carbons (Fsp3) is 0.538. The Bertz CT molecular complexity index is 505. The Balaban J connectivity index is 1.94. The molecule has 0 saturated carbocycles. The summed E-state index contributed by atoms with van der Waals surface area (Å²) in [6.45, 7) is 5.52. The topological polar surface area (TPSA) is 75.4 Å². The highest BCUT2D eigenvalue weighted by molar-refractivity contribution is 7.89. The van der Waals surface area contributed by atoms with E-state index in [1.807, 2.05) is 0 Å². The molecule has 1 heterocycles. The van der Waals surface area contributed by atoms with Gasteiger partial charge in [0.25, 0.3) is 0 Å². The van der Waals surface area contributed by atoms with Gasteiger partial charge in [-0.2, -0.15) is 0 Å². The summed E-state index contributed by atoms with van der Waals surface area (Å²) < 4.78 is 22.3. The average molecular weight is 283 g/mol. The first-order valence-electron chi connectivity index (χ1n) is 6.61. The Morgan fingerprint density at radius 3 is 2.32 bits per heavy atom. The molecule has 0 bridgehead atoms. The maximum Gasteiger partial charge on any atom is 0.238 e. The summed E-state index contributed by atoms with van der Waals surface area (Å²) >= 11 is 0. The SMILES string of the molecule is CCN1CCC(Nc2ccc(S(N)(=O)=O)cc2)CC1. The van der Waals surface area contributed by atoms with E-state index in [4.69, 9.17) is 5.14 Å². The number of nitrogens with two attached hydrogens (primary N) is 1. The van der Waals surface area contributed by atoms with Crippen molar-refractivity contribution in [2.24, 2.45) is 5.14 Å². The third kappa shape index (κ3) is 3.92. The van der Waals surface area contributed by atoms with Crippen LogP contribution in [0.4, 0.5) is 5.69 Å². The molecule has 3 N–H and O–H groups in total. The summed E-state index contributed by atoms with van der Waals surface area (Å²) in [7, 11) is -3.60. The highest BCUT2D eigenvalue weighted by Gasteiger charge is 2.17. The molecule has 6 heteroatoms. The van der Waals surface area contributed by atoms with Crippen LogP contribution in [-0.4, -0.2) is 39.0 Å². The molecule has 0 unspecified atom stereocenters. The number of sulfonamides is 1. The predicted molar refractivity (Wildman–Crippen MR) is 76.6 cm³/mol. The summed E-state index contributed by atoms with van der Waals surface area (Å²) in [5, 5.41) is 8.51. The number of hydrogen-bond acceptors (Lipinski definition) is 4. The van der Waals surface area contributed by atoms with Crippen LogP contribution in [0.5, 0.6) is 0 Å². The molecule has 1 aliphatic heterocycles. The molecular weight excluding hydrogens is 262 g/mol. The van der Waals surface area contributed by atoms with Crippen LogP contribution in [0.2, 0.25) is 0 Å². The highest BCUT2D eigenvalue weighted by Crippen LogP contribution is 2.18. The quantitative estimate of drug-likeness (QED) is 0.871.